The molecule has 4 aromatic carbocycles. The quantitative estimate of drug-likeness (QED) is 0.178. The average Bonchev–Trinajstić information content (AvgIpc) is 3.07. The molecule has 4 aromatic rings. The molecule has 0 aliphatic carbocycles. The minimum absolute atomic E-state index is 1.00. The van der Waals surface area contributed by atoms with Gasteiger partial charge in [0.25, 0.3) is 0 Å². The van der Waals surface area contributed by atoms with Gasteiger partial charge in [-0.25, -0.2) is 0 Å². The molecule has 2 aliphatic rings. The largest absolute Gasteiger partial charge is 0.281 e. The van der Waals surface area contributed by atoms with Gasteiger partial charge in [-0.3, -0.25) is 18.8 Å². The molecule has 6 rings (SSSR count). The molecule has 274 valence electrons. The topological polar surface area (TPSA) is 6.48 Å². The van der Waals surface area contributed by atoms with E-state index in [0.717, 1.165) is 41.9 Å². The van der Waals surface area contributed by atoms with Crippen molar-refractivity contribution in [3.63, 3.8) is 0 Å². The summed E-state index contributed by atoms with van der Waals surface area (Å²) in [6.07, 6.45) is 2.55. The van der Waals surface area contributed by atoms with Crippen LogP contribution in [0, 0.1) is 55.4 Å². The number of aryl methyl sites for hydroxylation is 6. The number of benzene rings is 4. The zero-order valence-corrected chi connectivity index (χ0v) is 34.8. The summed E-state index contributed by atoms with van der Waals surface area (Å²) in [7, 11) is 6.87. The summed E-state index contributed by atoms with van der Waals surface area (Å²) in [4.78, 5) is 4.96. The van der Waals surface area contributed by atoms with Gasteiger partial charge in [0.05, 0.1) is 26.7 Å². The lowest BCUT2D eigenvalue weighted by molar-refractivity contribution is 0.135. The van der Waals surface area contributed by atoms with Crippen molar-refractivity contribution in [2.24, 2.45) is 0 Å². The second kappa shape index (κ2) is 15.4. The van der Waals surface area contributed by atoms with Gasteiger partial charge in [0, 0.05) is 35.3 Å². The van der Waals surface area contributed by atoms with Crippen LogP contribution in [-0.2, 0) is 13.1 Å². The van der Waals surface area contributed by atoms with Crippen LogP contribution in [0.15, 0.2) is 48.5 Å². The van der Waals surface area contributed by atoms with Gasteiger partial charge in [-0.2, -0.15) is 0 Å². The van der Waals surface area contributed by atoms with Crippen molar-refractivity contribution in [1.29, 1.82) is 0 Å². The maximum atomic E-state index is 2.51. The van der Waals surface area contributed by atoms with Crippen molar-refractivity contribution in [3.8, 4) is 22.3 Å². The van der Waals surface area contributed by atoms with Gasteiger partial charge in [-0.1, -0.05) is 37.6 Å². The van der Waals surface area contributed by atoms with Gasteiger partial charge in [0.15, 0.2) is 0 Å². The molecule has 2 unspecified atom stereocenters. The Labute approximate surface area is 311 Å². The van der Waals surface area contributed by atoms with Crippen LogP contribution >= 0.6 is 0 Å². The standard InChI is InChI=1S/C25H37N2.C22H31N2/c1-8-10-11-27(9-2)17-26(7)16-24-15-23(14-20(5)25(24)27)22-12-18(3)21(6)19(4)13-22;1-8-24(7)14-23(6)13-21-12-20(11-17(4)22(21)24)19-9-15(2)18(5)16(3)10-19/h12-15H,8-11,16-17H2,1-7H3;9-12H,8,13-14H2,1-7H3/q2*+1. The predicted molar refractivity (Wildman–Crippen MR) is 225 cm³/mol. The van der Waals surface area contributed by atoms with Crippen LogP contribution in [0.25, 0.3) is 22.3 Å². The fourth-order valence-electron chi connectivity index (χ4n) is 9.27. The fraction of sp³-hybridized carbons (Fsp3) is 0.489. The molecule has 2 heterocycles. The number of quaternary nitrogens is 2. The number of hydrogen-bond acceptors (Lipinski definition) is 2. The maximum Gasteiger partial charge on any atom is 0.141 e. The number of hydrogen-bond donors (Lipinski definition) is 0. The van der Waals surface area contributed by atoms with Gasteiger partial charge in [-0.15, -0.1) is 0 Å². The monoisotopic (exact) mass is 689 g/mol. The van der Waals surface area contributed by atoms with Gasteiger partial charge < -0.3 is 0 Å². The molecule has 2 aliphatic heterocycles. The molecule has 0 saturated heterocycles. The van der Waals surface area contributed by atoms with Crippen LogP contribution in [0.1, 0.15) is 89.2 Å². The van der Waals surface area contributed by atoms with Crippen LogP contribution in [0.5, 0.6) is 0 Å². The number of fused-ring (bicyclic) bond motifs is 2. The molecule has 51 heavy (non-hydrogen) atoms. The number of nitrogens with zero attached hydrogens (tertiary/aromatic N) is 4. The van der Waals surface area contributed by atoms with Crippen molar-refractivity contribution in [3.05, 3.63) is 104 Å². The molecular weight excluding hydrogens is 621 g/mol. The van der Waals surface area contributed by atoms with Crippen molar-refractivity contribution in [2.75, 3.05) is 54.1 Å². The Hall–Kier alpha value is -3.28. The van der Waals surface area contributed by atoms with Crippen LogP contribution in [0.3, 0.4) is 0 Å². The van der Waals surface area contributed by atoms with Crippen molar-refractivity contribution >= 4 is 11.4 Å². The van der Waals surface area contributed by atoms with E-state index < -0.39 is 0 Å². The lowest BCUT2D eigenvalue weighted by Crippen LogP contribution is -2.58. The van der Waals surface area contributed by atoms with E-state index in [1.165, 1.54) is 110 Å². The van der Waals surface area contributed by atoms with Crippen molar-refractivity contribution in [1.82, 2.24) is 18.8 Å². The molecule has 0 N–H and O–H groups in total. The highest BCUT2D eigenvalue weighted by molar-refractivity contribution is 5.74. The zero-order valence-electron chi connectivity index (χ0n) is 34.8. The third kappa shape index (κ3) is 7.76. The van der Waals surface area contributed by atoms with E-state index in [1.807, 2.05) is 0 Å². The van der Waals surface area contributed by atoms with Crippen LogP contribution in [0.4, 0.5) is 11.4 Å². The number of unbranched alkanes of at least 4 members (excludes halogenated alkanes) is 1. The van der Waals surface area contributed by atoms with Crippen LogP contribution < -0.4 is 8.97 Å². The van der Waals surface area contributed by atoms with E-state index in [1.54, 1.807) is 5.69 Å². The third-order valence-electron chi connectivity index (χ3n) is 12.5. The van der Waals surface area contributed by atoms with Gasteiger partial charge in [0.1, 0.15) is 24.7 Å². The van der Waals surface area contributed by atoms with Crippen LogP contribution in [0.2, 0.25) is 0 Å². The van der Waals surface area contributed by atoms with E-state index in [-0.39, 0.29) is 0 Å². The second-order valence-electron chi connectivity index (χ2n) is 16.6. The normalized spacial score (nSPS) is 20.4. The Balaban J connectivity index is 0.000000199. The molecule has 0 bridgehead atoms. The Bertz CT molecular complexity index is 1860. The van der Waals surface area contributed by atoms with E-state index in [2.05, 4.69) is 156 Å². The lowest BCUT2D eigenvalue weighted by atomic mass is 9.92. The molecule has 2 atom stereocenters. The molecule has 4 nitrogen and oxygen atoms in total. The highest BCUT2D eigenvalue weighted by atomic mass is 15.5. The SMILES string of the molecule is CCCC[N+]1(CC)CN(C)Cc2cc(-c3cc(C)c(C)c(C)c3)cc(C)c21.CC[N+]1(C)CN(C)Cc2cc(-c3cc(C)c(C)c(C)c3)cc(C)c21. The first-order chi connectivity index (χ1) is 24.1. The minimum atomic E-state index is 1.00. The summed E-state index contributed by atoms with van der Waals surface area (Å²) in [5.41, 5.74) is 22.8. The second-order valence-corrected chi connectivity index (χ2v) is 16.6. The van der Waals surface area contributed by atoms with Crippen LogP contribution in [-0.4, -0.2) is 63.9 Å². The molecule has 0 aromatic heterocycles. The summed E-state index contributed by atoms with van der Waals surface area (Å²) in [5, 5.41) is 0. The fourth-order valence-corrected chi connectivity index (χ4v) is 9.27. The molecule has 0 spiro atoms. The average molecular weight is 689 g/mol. The van der Waals surface area contributed by atoms with Crippen molar-refractivity contribution in [2.45, 2.75) is 102 Å². The third-order valence-corrected chi connectivity index (χ3v) is 12.5. The maximum absolute atomic E-state index is 2.51. The molecule has 4 heteroatoms. The number of rotatable bonds is 7. The van der Waals surface area contributed by atoms with E-state index in [0.29, 0.717) is 0 Å². The Kier molecular flexibility index (Phi) is 11.7. The first-order valence-corrected chi connectivity index (χ1v) is 19.6. The minimum Gasteiger partial charge on any atom is -0.281 e. The Morgan fingerprint density at radius 3 is 1.33 bits per heavy atom. The first kappa shape index (κ1) is 38.9. The zero-order chi connectivity index (χ0) is 37.4. The highest BCUT2D eigenvalue weighted by Crippen LogP contribution is 2.41. The summed E-state index contributed by atoms with van der Waals surface area (Å²) < 4.78 is 2.11. The van der Waals surface area contributed by atoms with E-state index in [9.17, 15) is 0 Å². The molecular formula is C47H68N4+2. The Morgan fingerprint density at radius 2 is 0.902 bits per heavy atom. The summed E-state index contributed by atoms with van der Waals surface area (Å²) >= 11 is 0. The van der Waals surface area contributed by atoms with Gasteiger partial charge in [-0.05, 0) is 170 Å². The van der Waals surface area contributed by atoms with Crippen molar-refractivity contribution < 1.29 is 0 Å². The summed E-state index contributed by atoms with van der Waals surface area (Å²) in [6, 6.07) is 19.1. The molecule has 0 amide bonds. The predicted octanol–water partition coefficient (Wildman–Crippen LogP) is 11.1. The summed E-state index contributed by atoms with van der Waals surface area (Å²) in [6.45, 7) is 32.8. The van der Waals surface area contributed by atoms with E-state index >= 15 is 0 Å². The van der Waals surface area contributed by atoms with E-state index in [4.69, 9.17) is 0 Å². The molecule has 0 radical (unpaired) electrons. The smallest absolute Gasteiger partial charge is 0.141 e. The highest BCUT2D eigenvalue weighted by Gasteiger charge is 2.38. The van der Waals surface area contributed by atoms with Gasteiger partial charge >= 0.3 is 0 Å². The van der Waals surface area contributed by atoms with Gasteiger partial charge in [0.2, 0.25) is 0 Å². The first-order valence-electron chi connectivity index (χ1n) is 19.6. The lowest BCUT2D eigenvalue weighted by Gasteiger charge is -2.45. The summed E-state index contributed by atoms with van der Waals surface area (Å²) in [5.74, 6) is 0. The Morgan fingerprint density at radius 1 is 0.510 bits per heavy atom. The molecule has 0 saturated carbocycles. The molecule has 0 fully saturated rings.